The minimum absolute atomic E-state index is 0.124. The van der Waals surface area contributed by atoms with Gasteiger partial charge < -0.3 is 9.31 Å². The molecule has 0 aromatic carbocycles. The molecule has 0 unspecified atom stereocenters. The monoisotopic (exact) mass is 248 g/mol. The van der Waals surface area contributed by atoms with E-state index < -0.39 is 18.3 Å². The van der Waals surface area contributed by atoms with Gasteiger partial charge in [-0.1, -0.05) is 0 Å². The fraction of sp³-hybridized carbons (Fsp3) is 0.583. The molecule has 1 aromatic rings. The molecule has 0 aliphatic carbocycles. The van der Waals surface area contributed by atoms with E-state index in [1.807, 2.05) is 27.7 Å². The van der Waals surface area contributed by atoms with Crippen molar-refractivity contribution >= 4 is 18.5 Å². The molecule has 0 radical (unpaired) electrons. The summed E-state index contributed by atoms with van der Waals surface area (Å²) in [5.74, 6) is -0.124. The Hall–Kier alpha value is -1.27. The number of carbonyl (C=O) groups is 1. The van der Waals surface area contributed by atoms with Gasteiger partial charge in [-0.3, -0.25) is 14.8 Å². The first-order chi connectivity index (χ1) is 8.23. The Morgan fingerprint density at radius 3 is 2.22 bits per heavy atom. The van der Waals surface area contributed by atoms with Crippen molar-refractivity contribution in [3.8, 4) is 0 Å². The van der Waals surface area contributed by atoms with Crippen molar-refractivity contribution in [1.29, 1.82) is 0 Å². The van der Waals surface area contributed by atoms with Gasteiger partial charge in [-0.15, -0.1) is 0 Å². The molecule has 18 heavy (non-hydrogen) atoms. The topological polar surface area (TPSA) is 61.3 Å². The first-order valence-corrected chi connectivity index (χ1v) is 5.91. The van der Waals surface area contributed by atoms with Gasteiger partial charge in [0.05, 0.1) is 23.0 Å². The van der Waals surface area contributed by atoms with Crippen LogP contribution in [0.25, 0.3) is 0 Å². The molecule has 96 valence electrons. The predicted octanol–water partition coefficient (Wildman–Crippen LogP) is 0.978. The molecule has 0 N–H and O–H groups in total. The summed E-state index contributed by atoms with van der Waals surface area (Å²) in [4.78, 5) is 19.5. The minimum atomic E-state index is -0.582. The smallest absolute Gasteiger partial charge is 0.398 e. The lowest BCUT2D eigenvalue weighted by atomic mass is 9.85. The molecule has 2 rings (SSSR count). The molecule has 0 bridgehead atoms. The summed E-state index contributed by atoms with van der Waals surface area (Å²) in [6.45, 7) is 9.33. The van der Waals surface area contributed by atoms with Crippen molar-refractivity contribution in [2.75, 3.05) is 0 Å². The van der Waals surface area contributed by atoms with Crippen LogP contribution < -0.4 is 5.59 Å². The summed E-state index contributed by atoms with van der Waals surface area (Å²) in [5.41, 5.74) is 0.000471. The number of nitrogens with zero attached hydrogens (tertiary/aromatic N) is 2. The van der Waals surface area contributed by atoms with Gasteiger partial charge in [-0.25, -0.2) is 0 Å². The minimum Gasteiger partial charge on any atom is -0.398 e. The van der Waals surface area contributed by atoms with Crippen LogP contribution in [0.4, 0.5) is 0 Å². The lowest BCUT2D eigenvalue weighted by molar-refractivity contribution is 0.00578. The molecule has 1 aliphatic heterocycles. The number of carbonyl (C=O) groups excluding carboxylic acids is 1. The molecule has 6 heteroatoms. The Labute approximate surface area is 107 Å². The zero-order chi connectivity index (χ0) is 13.6. The van der Waals surface area contributed by atoms with Gasteiger partial charge in [0.1, 0.15) is 5.69 Å². The molecule has 0 atom stereocenters. The van der Waals surface area contributed by atoms with Crippen molar-refractivity contribution in [3.63, 3.8) is 0 Å². The largest absolute Gasteiger partial charge is 0.516 e. The van der Waals surface area contributed by atoms with E-state index in [1.165, 1.54) is 13.1 Å². The normalized spacial score (nSPS) is 21.1. The molecule has 1 fully saturated rings. The van der Waals surface area contributed by atoms with Gasteiger partial charge in [0.2, 0.25) is 0 Å². The van der Waals surface area contributed by atoms with Gasteiger partial charge in [-0.05, 0) is 27.7 Å². The third-order valence-corrected chi connectivity index (χ3v) is 3.51. The summed E-state index contributed by atoms with van der Waals surface area (Å²) in [5, 5.41) is 0. The molecule has 1 aromatic heterocycles. The number of hydrogen-bond acceptors (Lipinski definition) is 5. The Kier molecular flexibility index (Phi) is 3.03. The van der Waals surface area contributed by atoms with Crippen molar-refractivity contribution < 1.29 is 14.1 Å². The van der Waals surface area contributed by atoms with Gasteiger partial charge in [0.15, 0.2) is 5.78 Å². The van der Waals surface area contributed by atoms with Crippen LogP contribution in [0.1, 0.15) is 45.1 Å². The Bertz CT molecular complexity index is 472. The molecule has 0 spiro atoms. The van der Waals surface area contributed by atoms with Crippen molar-refractivity contribution in [2.24, 2.45) is 0 Å². The third-order valence-electron chi connectivity index (χ3n) is 3.51. The van der Waals surface area contributed by atoms with E-state index in [-0.39, 0.29) is 5.78 Å². The summed E-state index contributed by atoms with van der Waals surface area (Å²) in [7, 11) is -0.582. The Balaban J connectivity index is 2.30. The van der Waals surface area contributed by atoms with Crippen LogP contribution in [0.5, 0.6) is 0 Å². The molecule has 5 nitrogen and oxygen atoms in total. The fourth-order valence-corrected chi connectivity index (χ4v) is 1.63. The molecule has 2 heterocycles. The highest BCUT2D eigenvalue weighted by Gasteiger charge is 2.52. The summed E-state index contributed by atoms with van der Waals surface area (Å²) < 4.78 is 11.7. The molecule has 1 saturated heterocycles. The highest BCUT2D eigenvalue weighted by Crippen LogP contribution is 2.36. The van der Waals surface area contributed by atoms with E-state index in [4.69, 9.17) is 9.31 Å². The Morgan fingerprint density at radius 2 is 1.72 bits per heavy atom. The van der Waals surface area contributed by atoms with E-state index in [0.29, 0.717) is 11.3 Å². The van der Waals surface area contributed by atoms with E-state index in [0.717, 1.165) is 0 Å². The SMILES string of the molecule is CC(=O)c1cncc(B2OC(C)(C)C(C)(C)O2)n1. The molecular formula is C12H17BN2O3. The second-order valence-corrected chi connectivity index (χ2v) is 5.47. The maximum atomic E-state index is 11.3. The quantitative estimate of drug-likeness (QED) is 0.576. The van der Waals surface area contributed by atoms with Crippen molar-refractivity contribution in [2.45, 2.75) is 45.8 Å². The van der Waals surface area contributed by atoms with E-state index in [9.17, 15) is 4.79 Å². The standard InChI is InChI=1S/C12H17BN2O3/c1-8(16)9-6-14-7-10(15-9)13-17-11(2,3)12(4,5)18-13/h6-7H,1-5H3. The molecular weight excluding hydrogens is 231 g/mol. The van der Waals surface area contributed by atoms with E-state index in [1.54, 1.807) is 6.20 Å². The van der Waals surface area contributed by atoms with Crippen LogP contribution in [0.3, 0.4) is 0 Å². The second kappa shape index (κ2) is 4.14. The maximum Gasteiger partial charge on any atom is 0.516 e. The lowest BCUT2D eigenvalue weighted by Gasteiger charge is -2.32. The first-order valence-electron chi connectivity index (χ1n) is 5.91. The van der Waals surface area contributed by atoms with E-state index >= 15 is 0 Å². The fourth-order valence-electron chi connectivity index (χ4n) is 1.63. The Morgan fingerprint density at radius 1 is 1.17 bits per heavy atom. The summed E-state index contributed by atoms with van der Waals surface area (Å²) >= 11 is 0. The van der Waals surface area contributed by atoms with Crippen LogP contribution in [-0.2, 0) is 9.31 Å². The molecule has 0 saturated carbocycles. The van der Waals surface area contributed by atoms with Gasteiger partial charge >= 0.3 is 7.12 Å². The van der Waals surface area contributed by atoms with Crippen LogP contribution in [0, 0.1) is 0 Å². The average molecular weight is 248 g/mol. The molecule has 1 aliphatic rings. The number of Topliss-reactive ketones (excluding diaryl/α,β-unsaturated/α-hetero) is 1. The number of aromatic nitrogens is 2. The van der Waals surface area contributed by atoms with Gasteiger partial charge in [-0.2, -0.15) is 0 Å². The summed E-state index contributed by atoms with van der Waals surface area (Å²) in [6.07, 6.45) is 3.01. The van der Waals surface area contributed by atoms with Crippen LogP contribution >= 0.6 is 0 Å². The lowest BCUT2D eigenvalue weighted by Crippen LogP contribution is -2.41. The van der Waals surface area contributed by atoms with Crippen LogP contribution in [0.15, 0.2) is 12.4 Å². The highest BCUT2D eigenvalue weighted by molar-refractivity contribution is 6.61. The number of hydrogen-bond donors (Lipinski definition) is 0. The zero-order valence-corrected chi connectivity index (χ0v) is 11.4. The highest BCUT2D eigenvalue weighted by atomic mass is 16.7. The second-order valence-electron chi connectivity index (χ2n) is 5.47. The molecule has 0 amide bonds. The van der Waals surface area contributed by atoms with Crippen LogP contribution in [-0.4, -0.2) is 34.1 Å². The van der Waals surface area contributed by atoms with Crippen molar-refractivity contribution in [1.82, 2.24) is 9.97 Å². The third kappa shape index (κ3) is 2.18. The predicted molar refractivity (Wildman–Crippen MR) is 67.8 cm³/mol. The first kappa shape index (κ1) is 13.2. The number of rotatable bonds is 2. The summed E-state index contributed by atoms with van der Waals surface area (Å²) in [6, 6.07) is 0. The maximum absolute atomic E-state index is 11.3. The number of ketones is 1. The average Bonchev–Trinajstić information content (AvgIpc) is 2.48. The van der Waals surface area contributed by atoms with E-state index in [2.05, 4.69) is 9.97 Å². The van der Waals surface area contributed by atoms with Crippen molar-refractivity contribution in [3.05, 3.63) is 18.1 Å². The zero-order valence-electron chi connectivity index (χ0n) is 11.4. The van der Waals surface area contributed by atoms with Gasteiger partial charge in [0, 0.05) is 13.1 Å². The van der Waals surface area contributed by atoms with Gasteiger partial charge in [0.25, 0.3) is 0 Å². The van der Waals surface area contributed by atoms with Crippen LogP contribution in [0.2, 0.25) is 0 Å².